The van der Waals surface area contributed by atoms with Gasteiger partial charge in [0.25, 0.3) is 0 Å². The van der Waals surface area contributed by atoms with E-state index in [-0.39, 0.29) is 17.6 Å². The molecule has 1 unspecified atom stereocenters. The Morgan fingerprint density at radius 3 is 2.58 bits per heavy atom. The van der Waals surface area contributed by atoms with Gasteiger partial charge in [-0.15, -0.1) is 0 Å². The van der Waals surface area contributed by atoms with Gasteiger partial charge in [0.1, 0.15) is 23.0 Å². The topological polar surface area (TPSA) is 35.5 Å². The molecule has 0 radical (unpaired) electrons. The van der Waals surface area contributed by atoms with Crippen LogP contribution in [0.5, 0.6) is 0 Å². The van der Waals surface area contributed by atoms with Crippen molar-refractivity contribution in [3.8, 4) is 0 Å². The summed E-state index contributed by atoms with van der Waals surface area (Å²) >= 11 is 1.96. The SMILES string of the molecule is CC(C)CCC[C@@H](C)[C@H]1CC[C@H]2[C@@H]3C(=O)C=C4COC(OI)CC[C@]4(C)[C@H]3CC[C@]12C. The summed E-state index contributed by atoms with van der Waals surface area (Å²) in [4.78, 5) is 13.5. The van der Waals surface area contributed by atoms with E-state index in [2.05, 4.69) is 34.6 Å². The van der Waals surface area contributed by atoms with Gasteiger partial charge in [0.2, 0.25) is 0 Å². The highest BCUT2D eigenvalue weighted by molar-refractivity contribution is 14.1. The van der Waals surface area contributed by atoms with Crippen LogP contribution in [-0.2, 0) is 12.6 Å². The third-order valence-corrected chi connectivity index (χ3v) is 10.7. The molecule has 1 saturated heterocycles. The fraction of sp³-hybridized carbons (Fsp3) is 0.889. The van der Waals surface area contributed by atoms with E-state index < -0.39 is 0 Å². The Hall–Kier alpha value is 0.0600. The van der Waals surface area contributed by atoms with Crippen LogP contribution in [0.4, 0.5) is 0 Å². The summed E-state index contributed by atoms with van der Waals surface area (Å²) in [5, 5.41) is 0. The molecule has 0 N–H and O–H groups in total. The Balaban J connectivity index is 1.54. The van der Waals surface area contributed by atoms with Gasteiger partial charge in [-0.1, -0.05) is 53.9 Å². The molecule has 4 rings (SSSR count). The number of hydrogen-bond acceptors (Lipinski definition) is 3. The van der Waals surface area contributed by atoms with Gasteiger partial charge in [-0.2, -0.15) is 0 Å². The molecule has 4 heteroatoms. The first-order valence-electron chi connectivity index (χ1n) is 12.8. The van der Waals surface area contributed by atoms with Gasteiger partial charge in [-0.25, -0.2) is 0 Å². The van der Waals surface area contributed by atoms with E-state index in [0.29, 0.717) is 29.6 Å². The molecule has 8 atom stereocenters. The van der Waals surface area contributed by atoms with Crippen molar-refractivity contribution in [2.75, 3.05) is 6.61 Å². The second kappa shape index (κ2) is 9.37. The lowest BCUT2D eigenvalue weighted by atomic mass is 9.48. The fourth-order valence-corrected chi connectivity index (χ4v) is 8.65. The second-order valence-electron chi connectivity index (χ2n) is 12.1. The molecule has 0 amide bonds. The lowest BCUT2D eigenvalue weighted by molar-refractivity contribution is -0.133. The number of carbonyl (C=O) groups excluding carboxylic acids is 1. The number of fused-ring (bicyclic) bond motifs is 5. The molecular formula is C27H43IO3. The van der Waals surface area contributed by atoms with Crippen molar-refractivity contribution in [1.82, 2.24) is 0 Å². The number of halogens is 1. The summed E-state index contributed by atoms with van der Waals surface area (Å²) in [6.07, 6.45) is 13.0. The lowest BCUT2D eigenvalue weighted by Gasteiger charge is -2.56. The van der Waals surface area contributed by atoms with Crippen molar-refractivity contribution in [1.29, 1.82) is 0 Å². The maximum atomic E-state index is 13.5. The average molecular weight is 543 g/mol. The Morgan fingerprint density at radius 1 is 1.10 bits per heavy atom. The minimum absolute atomic E-state index is 0.0881. The predicted octanol–water partition coefficient (Wildman–Crippen LogP) is 7.53. The maximum absolute atomic E-state index is 13.5. The van der Waals surface area contributed by atoms with Crippen molar-refractivity contribution in [2.24, 2.45) is 46.3 Å². The molecule has 1 heterocycles. The normalized spacial score (nSPS) is 43.6. The first-order valence-corrected chi connectivity index (χ1v) is 13.7. The standard InChI is InChI=1S/C27H43IO3/c1-17(2)7-6-8-18(3)20-9-10-21-25-22(11-13-27(20,21)5)26(4)14-12-24(31-28)30-16-19(26)15-23(25)29/h15,17-18,20-22,24-25H,6-14,16H2,1-5H3/t18-,20-,21+,22+,24?,25+,26+,27-/m1/s1. The Morgan fingerprint density at radius 2 is 1.87 bits per heavy atom. The largest absolute Gasteiger partial charge is 0.347 e. The van der Waals surface area contributed by atoms with Crippen LogP contribution in [0.1, 0.15) is 92.4 Å². The zero-order valence-electron chi connectivity index (χ0n) is 20.3. The Bertz CT molecular complexity index is 703. The number of ether oxygens (including phenoxy) is 1. The number of ketones is 1. The van der Waals surface area contributed by atoms with Crippen LogP contribution in [0, 0.1) is 46.3 Å². The molecule has 31 heavy (non-hydrogen) atoms. The van der Waals surface area contributed by atoms with Crippen molar-refractivity contribution in [3.05, 3.63) is 11.6 Å². The van der Waals surface area contributed by atoms with Gasteiger partial charge >= 0.3 is 0 Å². The van der Waals surface area contributed by atoms with Crippen LogP contribution in [0.2, 0.25) is 0 Å². The van der Waals surface area contributed by atoms with E-state index in [0.717, 1.165) is 30.6 Å². The number of rotatable bonds is 6. The molecule has 0 aromatic rings. The van der Waals surface area contributed by atoms with Crippen molar-refractivity contribution in [3.63, 3.8) is 0 Å². The third kappa shape index (κ3) is 4.32. The Kier molecular flexibility index (Phi) is 7.31. The monoisotopic (exact) mass is 542 g/mol. The van der Waals surface area contributed by atoms with Crippen molar-refractivity contribution in [2.45, 2.75) is 98.7 Å². The van der Waals surface area contributed by atoms with Gasteiger partial charge in [0.05, 0.1) is 6.61 Å². The summed E-state index contributed by atoms with van der Waals surface area (Å²) in [7, 11) is 0. The zero-order chi connectivity index (χ0) is 22.4. The van der Waals surface area contributed by atoms with Crippen LogP contribution >= 0.6 is 23.0 Å². The molecule has 0 bridgehead atoms. The van der Waals surface area contributed by atoms with E-state index in [1.807, 2.05) is 29.1 Å². The van der Waals surface area contributed by atoms with E-state index >= 15 is 0 Å². The minimum Gasteiger partial charge on any atom is -0.347 e. The number of hydrogen-bond donors (Lipinski definition) is 0. The summed E-state index contributed by atoms with van der Waals surface area (Å²) in [5.41, 5.74) is 1.66. The molecule has 4 aliphatic rings. The van der Waals surface area contributed by atoms with E-state index in [1.54, 1.807) is 0 Å². The first kappa shape index (κ1) is 24.2. The zero-order valence-corrected chi connectivity index (χ0v) is 22.5. The molecule has 176 valence electrons. The highest BCUT2D eigenvalue weighted by Gasteiger charge is 2.61. The van der Waals surface area contributed by atoms with E-state index in [1.165, 1.54) is 50.5 Å². The predicted molar refractivity (Wildman–Crippen MR) is 134 cm³/mol. The number of carbonyl (C=O) groups is 1. The quantitative estimate of drug-likeness (QED) is 0.326. The Labute approximate surface area is 204 Å². The molecule has 3 fully saturated rings. The van der Waals surface area contributed by atoms with Crippen LogP contribution in [0.3, 0.4) is 0 Å². The maximum Gasteiger partial charge on any atom is 0.169 e. The molecule has 2 saturated carbocycles. The lowest BCUT2D eigenvalue weighted by Crippen LogP contribution is -2.52. The number of allylic oxidation sites excluding steroid dienone is 1. The van der Waals surface area contributed by atoms with Crippen LogP contribution in [0.25, 0.3) is 0 Å². The summed E-state index contributed by atoms with van der Waals surface area (Å²) in [6.45, 7) is 12.7. The van der Waals surface area contributed by atoms with Gasteiger partial charge in [0.15, 0.2) is 12.1 Å². The molecule has 1 aliphatic heterocycles. The van der Waals surface area contributed by atoms with Gasteiger partial charge in [0, 0.05) is 12.3 Å². The molecule has 3 nitrogen and oxygen atoms in total. The second-order valence-corrected chi connectivity index (χ2v) is 12.6. The summed E-state index contributed by atoms with van der Waals surface area (Å²) in [6, 6.07) is 0. The van der Waals surface area contributed by atoms with Gasteiger partial charge in [-0.05, 0) is 84.2 Å². The first-order chi connectivity index (χ1) is 14.7. The molecule has 0 spiro atoms. The highest BCUT2D eigenvalue weighted by Crippen LogP contribution is 2.66. The summed E-state index contributed by atoms with van der Waals surface area (Å²) in [5.74, 6) is 4.02. The smallest absolute Gasteiger partial charge is 0.169 e. The summed E-state index contributed by atoms with van der Waals surface area (Å²) < 4.78 is 11.5. The fourth-order valence-electron chi connectivity index (χ4n) is 8.25. The van der Waals surface area contributed by atoms with Crippen LogP contribution in [0.15, 0.2) is 11.6 Å². The molecular weight excluding hydrogens is 499 g/mol. The van der Waals surface area contributed by atoms with E-state index in [4.69, 9.17) is 7.80 Å². The molecule has 0 aromatic heterocycles. The van der Waals surface area contributed by atoms with E-state index in [9.17, 15) is 4.79 Å². The highest BCUT2D eigenvalue weighted by atomic mass is 127. The third-order valence-electron chi connectivity index (χ3n) is 10.1. The minimum atomic E-state index is -0.145. The van der Waals surface area contributed by atoms with Gasteiger partial charge < -0.3 is 4.74 Å². The molecule has 3 aliphatic carbocycles. The van der Waals surface area contributed by atoms with Gasteiger partial charge in [-0.3, -0.25) is 7.86 Å². The van der Waals surface area contributed by atoms with Crippen LogP contribution < -0.4 is 0 Å². The molecule has 0 aromatic carbocycles. The van der Waals surface area contributed by atoms with Crippen molar-refractivity contribution >= 4 is 28.8 Å². The van der Waals surface area contributed by atoms with Crippen molar-refractivity contribution < 1.29 is 12.6 Å². The average Bonchev–Trinajstić information content (AvgIpc) is 2.98. The van der Waals surface area contributed by atoms with Crippen LogP contribution in [-0.4, -0.2) is 18.7 Å².